The van der Waals surface area contributed by atoms with E-state index in [1.54, 1.807) is 6.20 Å². The van der Waals surface area contributed by atoms with Gasteiger partial charge in [-0.25, -0.2) is 4.98 Å². The third-order valence-electron chi connectivity index (χ3n) is 2.78. The number of hydrogen-bond acceptors (Lipinski definition) is 3. The topological polar surface area (TPSA) is 42.9 Å². The van der Waals surface area contributed by atoms with Crippen LogP contribution in [0.3, 0.4) is 0 Å². The molecule has 0 spiro atoms. The van der Waals surface area contributed by atoms with Gasteiger partial charge in [-0.1, -0.05) is 45.0 Å². The van der Waals surface area contributed by atoms with Crippen molar-refractivity contribution in [1.29, 1.82) is 0 Å². The Morgan fingerprint density at radius 3 is 2.44 bits per heavy atom. The average Bonchev–Trinajstić information content (AvgIpc) is 2.38. The summed E-state index contributed by atoms with van der Waals surface area (Å²) < 4.78 is 0. The molecule has 0 aliphatic carbocycles. The summed E-state index contributed by atoms with van der Waals surface area (Å²) in [6.07, 6.45) is 4.60. The third-order valence-corrected chi connectivity index (χ3v) is 2.78. The highest BCUT2D eigenvalue weighted by molar-refractivity contribution is 6.08. The summed E-state index contributed by atoms with van der Waals surface area (Å²) in [6, 6.07) is 7.66. The van der Waals surface area contributed by atoms with Crippen LogP contribution in [0.25, 0.3) is 0 Å². The van der Waals surface area contributed by atoms with Crippen LogP contribution in [0.5, 0.6) is 0 Å². The van der Waals surface area contributed by atoms with E-state index in [2.05, 4.69) is 30.7 Å². The zero-order valence-electron chi connectivity index (χ0n) is 10.8. The van der Waals surface area contributed by atoms with Gasteiger partial charge in [-0.05, 0) is 11.0 Å². The normalized spacial score (nSPS) is 11.3. The molecule has 0 amide bonds. The highest BCUT2D eigenvalue weighted by Crippen LogP contribution is 2.26. The molecule has 3 heteroatoms. The number of benzene rings is 1. The molecule has 1 aromatic carbocycles. The minimum atomic E-state index is -0.0753. The first-order valence-corrected chi connectivity index (χ1v) is 5.90. The number of ketones is 1. The fourth-order valence-electron chi connectivity index (χ4n) is 1.89. The van der Waals surface area contributed by atoms with Gasteiger partial charge in [-0.3, -0.25) is 9.78 Å². The van der Waals surface area contributed by atoms with E-state index in [4.69, 9.17) is 0 Å². The Kier molecular flexibility index (Phi) is 3.24. The molecule has 0 atom stereocenters. The van der Waals surface area contributed by atoms with E-state index < -0.39 is 0 Å². The number of aromatic nitrogens is 2. The molecule has 0 saturated carbocycles. The van der Waals surface area contributed by atoms with Crippen LogP contribution in [0.15, 0.2) is 42.9 Å². The molecule has 0 fully saturated rings. The number of carbonyl (C=O) groups excluding carboxylic acids is 1. The van der Waals surface area contributed by atoms with Crippen LogP contribution in [0.2, 0.25) is 0 Å². The van der Waals surface area contributed by atoms with E-state index in [0.29, 0.717) is 11.3 Å². The van der Waals surface area contributed by atoms with Crippen molar-refractivity contribution in [3.63, 3.8) is 0 Å². The van der Waals surface area contributed by atoms with E-state index >= 15 is 0 Å². The first-order chi connectivity index (χ1) is 8.50. The van der Waals surface area contributed by atoms with Crippen molar-refractivity contribution in [3.05, 3.63) is 59.7 Å². The first kappa shape index (κ1) is 12.4. The lowest BCUT2D eigenvalue weighted by atomic mass is 9.82. The largest absolute Gasteiger partial charge is 0.287 e. The van der Waals surface area contributed by atoms with Crippen molar-refractivity contribution in [2.45, 2.75) is 26.2 Å². The van der Waals surface area contributed by atoms with Crippen molar-refractivity contribution in [2.24, 2.45) is 0 Å². The number of hydrogen-bond donors (Lipinski definition) is 0. The van der Waals surface area contributed by atoms with Gasteiger partial charge in [-0.2, -0.15) is 0 Å². The lowest BCUT2D eigenvalue weighted by molar-refractivity contribution is 0.103. The summed E-state index contributed by atoms with van der Waals surface area (Å²) in [4.78, 5) is 20.4. The van der Waals surface area contributed by atoms with E-state index in [-0.39, 0.29) is 11.2 Å². The third kappa shape index (κ3) is 2.45. The molecule has 2 rings (SSSR count). The predicted octanol–water partition coefficient (Wildman–Crippen LogP) is 3.01. The average molecular weight is 240 g/mol. The molecule has 1 aromatic heterocycles. The van der Waals surface area contributed by atoms with Gasteiger partial charge in [0.25, 0.3) is 0 Å². The Bertz CT molecular complexity index is 556. The molecule has 0 saturated heterocycles. The van der Waals surface area contributed by atoms with Gasteiger partial charge in [0.05, 0.1) is 6.20 Å². The molecular weight excluding hydrogens is 224 g/mol. The number of nitrogens with zero attached hydrogens (tertiary/aromatic N) is 2. The molecule has 0 aliphatic heterocycles. The van der Waals surface area contributed by atoms with Gasteiger partial charge < -0.3 is 0 Å². The minimum absolute atomic E-state index is 0.0749. The second-order valence-electron chi connectivity index (χ2n) is 5.22. The van der Waals surface area contributed by atoms with Crippen LogP contribution in [0.4, 0.5) is 0 Å². The molecule has 2 aromatic rings. The molecule has 18 heavy (non-hydrogen) atoms. The molecule has 92 valence electrons. The lowest BCUT2D eigenvalue weighted by Gasteiger charge is -2.22. The van der Waals surface area contributed by atoms with E-state index in [1.165, 1.54) is 12.4 Å². The molecule has 1 heterocycles. The van der Waals surface area contributed by atoms with E-state index in [0.717, 1.165) is 5.56 Å². The summed E-state index contributed by atoms with van der Waals surface area (Å²) >= 11 is 0. The molecule has 0 radical (unpaired) electrons. The smallest absolute Gasteiger partial charge is 0.213 e. The van der Waals surface area contributed by atoms with Gasteiger partial charge in [0, 0.05) is 18.0 Å². The summed E-state index contributed by atoms with van der Waals surface area (Å²) in [7, 11) is 0. The Morgan fingerprint density at radius 2 is 1.83 bits per heavy atom. The number of carbonyl (C=O) groups is 1. The summed E-state index contributed by atoms with van der Waals surface area (Å²) in [6.45, 7) is 6.28. The SMILES string of the molecule is CC(C)(C)c1ccccc1C(=O)c1cnccn1. The fraction of sp³-hybridized carbons (Fsp3) is 0.267. The summed E-state index contributed by atoms with van der Waals surface area (Å²) in [5, 5.41) is 0. The monoisotopic (exact) mass is 240 g/mol. The van der Waals surface area contributed by atoms with Gasteiger partial charge in [0.15, 0.2) is 0 Å². The van der Waals surface area contributed by atoms with E-state index in [9.17, 15) is 4.79 Å². The van der Waals surface area contributed by atoms with Gasteiger partial charge in [0.1, 0.15) is 5.69 Å². The Hall–Kier alpha value is -2.03. The van der Waals surface area contributed by atoms with Crippen LogP contribution in [-0.4, -0.2) is 15.8 Å². The van der Waals surface area contributed by atoms with Gasteiger partial charge in [-0.15, -0.1) is 0 Å². The quantitative estimate of drug-likeness (QED) is 0.758. The Labute approximate surface area is 107 Å². The van der Waals surface area contributed by atoms with Crippen molar-refractivity contribution in [2.75, 3.05) is 0 Å². The van der Waals surface area contributed by atoms with Crippen molar-refractivity contribution < 1.29 is 4.79 Å². The van der Waals surface area contributed by atoms with Crippen molar-refractivity contribution >= 4 is 5.78 Å². The van der Waals surface area contributed by atoms with Gasteiger partial charge >= 0.3 is 0 Å². The highest BCUT2D eigenvalue weighted by atomic mass is 16.1. The second-order valence-corrected chi connectivity index (χ2v) is 5.22. The molecule has 0 unspecified atom stereocenters. The molecule has 0 aliphatic rings. The summed E-state index contributed by atoms with van der Waals surface area (Å²) in [5.41, 5.74) is 2.04. The summed E-state index contributed by atoms with van der Waals surface area (Å²) in [5.74, 6) is -0.0753. The number of rotatable bonds is 2. The van der Waals surface area contributed by atoms with Crippen molar-refractivity contribution in [1.82, 2.24) is 9.97 Å². The maximum Gasteiger partial charge on any atom is 0.213 e. The standard InChI is InChI=1S/C15H16N2O/c1-15(2,3)12-7-5-4-6-11(12)14(18)13-10-16-8-9-17-13/h4-10H,1-3H3. The van der Waals surface area contributed by atoms with Crippen LogP contribution in [-0.2, 0) is 5.41 Å². The fourth-order valence-corrected chi connectivity index (χ4v) is 1.89. The zero-order chi connectivity index (χ0) is 13.2. The molecule has 0 N–H and O–H groups in total. The highest BCUT2D eigenvalue weighted by Gasteiger charge is 2.22. The molecule has 3 nitrogen and oxygen atoms in total. The van der Waals surface area contributed by atoms with Crippen LogP contribution >= 0.6 is 0 Å². The van der Waals surface area contributed by atoms with E-state index in [1.807, 2.05) is 24.3 Å². The molecular formula is C15H16N2O. The second kappa shape index (κ2) is 4.69. The first-order valence-electron chi connectivity index (χ1n) is 5.90. The Balaban J connectivity index is 2.50. The predicted molar refractivity (Wildman–Crippen MR) is 70.6 cm³/mol. The lowest BCUT2D eigenvalue weighted by Crippen LogP contribution is -2.17. The van der Waals surface area contributed by atoms with Crippen molar-refractivity contribution in [3.8, 4) is 0 Å². The zero-order valence-corrected chi connectivity index (χ0v) is 10.8. The van der Waals surface area contributed by atoms with Gasteiger partial charge in [0.2, 0.25) is 5.78 Å². The van der Waals surface area contributed by atoms with Crippen LogP contribution in [0.1, 0.15) is 42.4 Å². The van der Waals surface area contributed by atoms with Crippen LogP contribution < -0.4 is 0 Å². The minimum Gasteiger partial charge on any atom is -0.287 e. The maximum absolute atomic E-state index is 12.4. The Morgan fingerprint density at radius 1 is 1.11 bits per heavy atom. The van der Waals surface area contributed by atoms with Crippen LogP contribution in [0, 0.1) is 0 Å². The molecule has 0 bridgehead atoms. The maximum atomic E-state index is 12.4.